The summed E-state index contributed by atoms with van der Waals surface area (Å²) in [5.74, 6) is 5.81. The van der Waals surface area contributed by atoms with Crippen molar-refractivity contribution in [2.24, 2.45) is 11.7 Å². The van der Waals surface area contributed by atoms with Gasteiger partial charge in [-0.15, -0.1) is 0 Å². The zero-order valence-electron chi connectivity index (χ0n) is 14.7. The largest absolute Gasteiger partial charge is 0.481 e. The van der Waals surface area contributed by atoms with Gasteiger partial charge in [-0.2, -0.15) is 0 Å². The van der Waals surface area contributed by atoms with Crippen LogP contribution in [0, 0.1) is 17.8 Å². The fourth-order valence-corrected chi connectivity index (χ4v) is 1.88. The molecule has 0 radical (unpaired) electrons. The first kappa shape index (κ1) is 20.5. The number of nitrogens with two attached hydrogens (primary N) is 1. The second-order valence-corrected chi connectivity index (χ2v) is 6.05. The van der Waals surface area contributed by atoms with E-state index in [0.717, 1.165) is 6.42 Å². The van der Waals surface area contributed by atoms with Gasteiger partial charge in [-0.3, -0.25) is 14.8 Å². The van der Waals surface area contributed by atoms with Crippen molar-refractivity contribution in [1.82, 2.24) is 10.8 Å². The zero-order valence-corrected chi connectivity index (χ0v) is 14.7. The molecule has 0 fully saturated rings. The molecule has 5 N–H and O–H groups in total. The zero-order chi connectivity index (χ0) is 18.8. The van der Waals surface area contributed by atoms with Crippen molar-refractivity contribution in [1.29, 1.82) is 0 Å². The number of carbonyl (C=O) groups is 2. The van der Waals surface area contributed by atoms with Crippen molar-refractivity contribution < 1.29 is 19.5 Å². The SMILES string of the molecule is CC(C)CC#CCOc1ccc(C(=O)NC(C(=O)NO)C(C)N)cc1. The summed E-state index contributed by atoms with van der Waals surface area (Å²) in [6, 6.07) is 4.73. The number of hydrogen-bond donors (Lipinski definition) is 4. The number of carbonyl (C=O) groups excluding carboxylic acids is 2. The maximum atomic E-state index is 12.2. The van der Waals surface area contributed by atoms with E-state index in [4.69, 9.17) is 15.7 Å². The molecule has 25 heavy (non-hydrogen) atoms. The van der Waals surface area contributed by atoms with E-state index in [1.54, 1.807) is 31.2 Å². The lowest BCUT2D eigenvalue weighted by Gasteiger charge is -2.20. The smallest absolute Gasteiger partial charge is 0.267 e. The number of nitrogens with one attached hydrogen (secondary N) is 2. The molecular weight excluding hydrogens is 322 g/mol. The highest BCUT2D eigenvalue weighted by Crippen LogP contribution is 2.12. The van der Waals surface area contributed by atoms with Crippen LogP contribution in [0.3, 0.4) is 0 Å². The summed E-state index contributed by atoms with van der Waals surface area (Å²) in [4.78, 5) is 23.7. The molecule has 1 aromatic rings. The monoisotopic (exact) mass is 347 g/mol. The van der Waals surface area contributed by atoms with Gasteiger partial charge in [0.15, 0.2) is 0 Å². The average Bonchev–Trinajstić information content (AvgIpc) is 2.58. The number of hydroxylamine groups is 1. The van der Waals surface area contributed by atoms with E-state index in [-0.39, 0.29) is 6.61 Å². The normalized spacial score (nSPS) is 12.6. The molecule has 2 atom stereocenters. The van der Waals surface area contributed by atoms with Crippen LogP contribution in [0.15, 0.2) is 24.3 Å². The van der Waals surface area contributed by atoms with Gasteiger partial charge in [0.2, 0.25) is 0 Å². The molecule has 7 nitrogen and oxygen atoms in total. The molecule has 0 aliphatic rings. The fraction of sp³-hybridized carbons (Fsp3) is 0.444. The van der Waals surface area contributed by atoms with Crippen LogP contribution in [-0.4, -0.2) is 35.7 Å². The van der Waals surface area contributed by atoms with Crippen LogP contribution >= 0.6 is 0 Å². The maximum absolute atomic E-state index is 12.2. The second kappa shape index (κ2) is 10.3. The number of ether oxygens (including phenoxy) is 1. The maximum Gasteiger partial charge on any atom is 0.267 e. The molecule has 0 spiro atoms. The predicted molar refractivity (Wildman–Crippen MR) is 94.0 cm³/mol. The van der Waals surface area contributed by atoms with Crippen molar-refractivity contribution in [2.75, 3.05) is 6.61 Å². The Hall–Kier alpha value is -2.56. The van der Waals surface area contributed by atoms with Crippen molar-refractivity contribution in [2.45, 2.75) is 39.3 Å². The van der Waals surface area contributed by atoms with E-state index >= 15 is 0 Å². The Morgan fingerprint density at radius 1 is 1.20 bits per heavy atom. The minimum atomic E-state index is -1.04. The van der Waals surface area contributed by atoms with Crippen LogP contribution in [0.1, 0.15) is 37.6 Å². The summed E-state index contributed by atoms with van der Waals surface area (Å²) in [5, 5.41) is 11.2. The van der Waals surface area contributed by atoms with Crippen LogP contribution in [0.25, 0.3) is 0 Å². The Bertz CT molecular complexity index is 630. The Balaban J connectivity index is 2.61. The molecule has 2 amide bonds. The summed E-state index contributed by atoms with van der Waals surface area (Å²) in [5.41, 5.74) is 7.47. The first-order valence-corrected chi connectivity index (χ1v) is 8.04. The molecule has 0 saturated carbocycles. The van der Waals surface area contributed by atoms with E-state index in [1.807, 2.05) is 0 Å². The highest BCUT2D eigenvalue weighted by Gasteiger charge is 2.24. The average molecular weight is 347 g/mol. The van der Waals surface area contributed by atoms with Crippen LogP contribution < -0.4 is 21.3 Å². The Morgan fingerprint density at radius 2 is 1.84 bits per heavy atom. The van der Waals surface area contributed by atoms with Crippen LogP contribution in [0.2, 0.25) is 0 Å². The molecule has 7 heteroatoms. The van der Waals surface area contributed by atoms with Gasteiger partial charge < -0.3 is 15.8 Å². The molecule has 1 aromatic carbocycles. The summed E-state index contributed by atoms with van der Waals surface area (Å²) in [6.45, 7) is 6.03. The third-order valence-corrected chi connectivity index (χ3v) is 3.27. The van der Waals surface area contributed by atoms with E-state index in [9.17, 15) is 9.59 Å². The quantitative estimate of drug-likeness (QED) is 0.335. The lowest BCUT2D eigenvalue weighted by molar-refractivity contribution is -0.131. The van der Waals surface area contributed by atoms with Gasteiger partial charge >= 0.3 is 0 Å². The molecule has 0 aliphatic carbocycles. The van der Waals surface area contributed by atoms with Gasteiger partial charge in [0, 0.05) is 18.0 Å². The summed E-state index contributed by atoms with van der Waals surface area (Å²) in [7, 11) is 0. The molecule has 0 aromatic heterocycles. The van der Waals surface area contributed by atoms with Gasteiger partial charge in [0.1, 0.15) is 18.4 Å². The van der Waals surface area contributed by atoms with E-state index < -0.39 is 23.9 Å². The Labute approximate surface area is 147 Å². The topological polar surface area (TPSA) is 114 Å². The summed E-state index contributed by atoms with van der Waals surface area (Å²) in [6.07, 6.45) is 0.824. The Morgan fingerprint density at radius 3 is 2.36 bits per heavy atom. The van der Waals surface area contributed by atoms with E-state index in [1.165, 1.54) is 5.48 Å². The van der Waals surface area contributed by atoms with Crippen molar-refractivity contribution in [3.05, 3.63) is 29.8 Å². The van der Waals surface area contributed by atoms with Gasteiger partial charge in [-0.1, -0.05) is 25.7 Å². The highest BCUT2D eigenvalue weighted by molar-refractivity contribution is 5.97. The first-order valence-electron chi connectivity index (χ1n) is 8.04. The molecule has 0 aliphatic heterocycles. The molecule has 136 valence electrons. The van der Waals surface area contributed by atoms with Gasteiger partial charge in [-0.05, 0) is 37.1 Å². The van der Waals surface area contributed by atoms with Gasteiger partial charge in [0.25, 0.3) is 11.8 Å². The molecule has 0 heterocycles. The number of benzene rings is 1. The number of amides is 2. The van der Waals surface area contributed by atoms with E-state index in [0.29, 0.717) is 17.2 Å². The van der Waals surface area contributed by atoms with Gasteiger partial charge in [-0.25, -0.2) is 5.48 Å². The van der Waals surface area contributed by atoms with E-state index in [2.05, 4.69) is 31.0 Å². The predicted octanol–water partition coefficient (Wildman–Crippen LogP) is 1.07. The van der Waals surface area contributed by atoms with Crippen molar-refractivity contribution in [3.63, 3.8) is 0 Å². The fourth-order valence-electron chi connectivity index (χ4n) is 1.88. The highest BCUT2D eigenvalue weighted by atomic mass is 16.5. The van der Waals surface area contributed by atoms with Crippen LogP contribution in [-0.2, 0) is 4.79 Å². The Kier molecular flexibility index (Phi) is 8.47. The standard InChI is InChI=1S/C18H25N3O4/c1-12(2)6-4-5-11-25-15-9-7-14(8-10-15)17(22)20-16(13(3)19)18(23)21-24/h7-10,12-13,16,24H,6,11,19H2,1-3H3,(H,20,22)(H,21,23). The van der Waals surface area contributed by atoms with Crippen LogP contribution in [0.4, 0.5) is 0 Å². The molecular formula is C18H25N3O4. The van der Waals surface area contributed by atoms with Crippen molar-refractivity contribution >= 4 is 11.8 Å². The summed E-state index contributed by atoms with van der Waals surface area (Å²) < 4.78 is 5.48. The molecule has 0 bridgehead atoms. The lowest BCUT2D eigenvalue weighted by Crippen LogP contribution is -2.54. The molecule has 0 saturated heterocycles. The third kappa shape index (κ3) is 7.25. The number of hydrogen-bond acceptors (Lipinski definition) is 5. The lowest BCUT2D eigenvalue weighted by atomic mass is 10.1. The number of rotatable bonds is 7. The molecule has 2 unspecified atom stereocenters. The second-order valence-electron chi connectivity index (χ2n) is 6.05. The first-order chi connectivity index (χ1) is 11.8. The summed E-state index contributed by atoms with van der Waals surface area (Å²) >= 11 is 0. The third-order valence-electron chi connectivity index (χ3n) is 3.27. The minimum Gasteiger partial charge on any atom is -0.481 e. The minimum absolute atomic E-state index is 0.279. The van der Waals surface area contributed by atoms with Gasteiger partial charge in [0.05, 0.1) is 0 Å². The molecule has 1 rings (SSSR count). The van der Waals surface area contributed by atoms with Crippen molar-refractivity contribution in [3.8, 4) is 17.6 Å². The van der Waals surface area contributed by atoms with Crippen LogP contribution in [0.5, 0.6) is 5.75 Å².